The highest BCUT2D eigenvalue weighted by Gasteiger charge is 2.52. The molecular formula is C27H31Cl2NO6S. The number of benzene rings is 2. The monoisotopic (exact) mass is 567 g/mol. The molecule has 7 nitrogen and oxygen atoms in total. The number of carboxylic acids is 1. The van der Waals surface area contributed by atoms with Crippen LogP contribution in [0.5, 0.6) is 0 Å². The lowest BCUT2D eigenvalue weighted by atomic mass is 9.89. The van der Waals surface area contributed by atoms with Crippen molar-refractivity contribution in [3.8, 4) is 0 Å². The minimum absolute atomic E-state index is 0.0144. The van der Waals surface area contributed by atoms with Crippen LogP contribution in [-0.2, 0) is 24.2 Å². The molecule has 1 saturated heterocycles. The van der Waals surface area contributed by atoms with Crippen LogP contribution in [0.3, 0.4) is 0 Å². The van der Waals surface area contributed by atoms with Crippen molar-refractivity contribution in [2.75, 3.05) is 5.75 Å². The Labute approximate surface area is 227 Å². The molecule has 4 rings (SSSR count). The molecule has 2 fully saturated rings. The highest BCUT2D eigenvalue weighted by Crippen LogP contribution is 2.48. The van der Waals surface area contributed by atoms with E-state index in [0.717, 1.165) is 12.8 Å². The zero-order valence-corrected chi connectivity index (χ0v) is 23.3. The van der Waals surface area contributed by atoms with Gasteiger partial charge in [0.2, 0.25) is 0 Å². The van der Waals surface area contributed by atoms with Gasteiger partial charge in [0.1, 0.15) is 12.2 Å². The maximum absolute atomic E-state index is 14.0. The summed E-state index contributed by atoms with van der Waals surface area (Å²) in [5.41, 5.74) is 1.36. The van der Waals surface area contributed by atoms with E-state index in [1.807, 2.05) is 6.07 Å². The summed E-state index contributed by atoms with van der Waals surface area (Å²) in [6.07, 6.45) is -1.02. The Morgan fingerprint density at radius 3 is 2.27 bits per heavy atom. The van der Waals surface area contributed by atoms with Crippen molar-refractivity contribution in [2.45, 2.75) is 69.1 Å². The number of nitrogens with zero attached hydrogens (tertiary/aromatic N) is 1. The molecule has 0 bridgehead atoms. The van der Waals surface area contributed by atoms with E-state index in [9.17, 15) is 23.1 Å². The van der Waals surface area contributed by atoms with E-state index < -0.39 is 57.2 Å². The van der Waals surface area contributed by atoms with Crippen molar-refractivity contribution in [2.24, 2.45) is 5.92 Å². The molecule has 200 valence electrons. The molecule has 2 aliphatic rings. The van der Waals surface area contributed by atoms with E-state index >= 15 is 0 Å². The molecule has 2 aromatic carbocycles. The molecule has 1 aliphatic heterocycles. The lowest BCUT2D eigenvalue weighted by Gasteiger charge is -2.48. The molecule has 1 unspecified atom stereocenters. The number of aliphatic carboxylic acids is 1. The molecule has 1 amide bonds. The van der Waals surface area contributed by atoms with Crippen molar-refractivity contribution < 1.29 is 27.9 Å². The van der Waals surface area contributed by atoms with E-state index in [1.54, 1.807) is 68.1 Å². The topological polar surface area (TPSA) is 101 Å². The predicted molar refractivity (Wildman–Crippen MR) is 142 cm³/mol. The third kappa shape index (κ3) is 6.14. The van der Waals surface area contributed by atoms with Crippen molar-refractivity contribution in [1.82, 2.24) is 4.90 Å². The van der Waals surface area contributed by atoms with Gasteiger partial charge in [-0.1, -0.05) is 47.5 Å². The Bertz CT molecular complexity index is 1270. The summed E-state index contributed by atoms with van der Waals surface area (Å²) in [4.78, 5) is 27.2. The van der Waals surface area contributed by atoms with Gasteiger partial charge in [-0.15, -0.1) is 0 Å². The van der Waals surface area contributed by atoms with Crippen LogP contribution in [0.1, 0.15) is 63.3 Å². The highest BCUT2D eigenvalue weighted by atomic mass is 35.5. The first kappa shape index (κ1) is 27.9. The van der Waals surface area contributed by atoms with E-state index in [-0.39, 0.29) is 11.7 Å². The standard InChI is InChI=1S/C27H31Cl2NO6S/c1-27(2,3)37(34,35)15-21(16-7-8-16)30-24(17-9-11-19(28)12-10-17)25(18-5-4-6-20(29)13-18)36-22(26(30)33)14-23(31)32/h4-6,9-13,16,21-22,24-25H,7-8,14-15H2,1-3H3,(H,31,32)/t21?,22-,24-,25-/m1/s1. The predicted octanol–water partition coefficient (Wildman–Crippen LogP) is 5.47. The largest absolute Gasteiger partial charge is 0.481 e. The van der Waals surface area contributed by atoms with Crippen LogP contribution in [0, 0.1) is 5.92 Å². The van der Waals surface area contributed by atoms with E-state index in [0.29, 0.717) is 21.2 Å². The fourth-order valence-electron chi connectivity index (χ4n) is 4.76. The van der Waals surface area contributed by atoms with Gasteiger partial charge in [0.15, 0.2) is 9.84 Å². The van der Waals surface area contributed by atoms with Gasteiger partial charge in [0, 0.05) is 16.1 Å². The normalized spacial score (nSPS) is 23.6. The molecule has 0 radical (unpaired) electrons. The highest BCUT2D eigenvalue weighted by molar-refractivity contribution is 7.92. The number of morpholine rings is 1. The number of ether oxygens (including phenoxy) is 1. The summed E-state index contributed by atoms with van der Waals surface area (Å²) in [6, 6.07) is 12.6. The molecule has 0 spiro atoms. The first-order valence-electron chi connectivity index (χ1n) is 12.2. The van der Waals surface area contributed by atoms with Crippen LogP contribution < -0.4 is 0 Å². The third-order valence-corrected chi connectivity index (χ3v) is 10.2. The summed E-state index contributed by atoms with van der Waals surface area (Å²) in [6.45, 7) is 4.93. The van der Waals surface area contributed by atoms with E-state index in [2.05, 4.69) is 0 Å². The Kier molecular flexibility index (Phi) is 7.96. The van der Waals surface area contributed by atoms with Gasteiger partial charge in [0.25, 0.3) is 5.91 Å². The second kappa shape index (κ2) is 10.6. The summed E-state index contributed by atoms with van der Waals surface area (Å²) < 4.78 is 32.0. The molecule has 10 heteroatoms. The van der Waals surface area contributed by atoms with Crippen LogP contribution in [0.25, 0.3) is 0 Å². The number of amides is 1. The smallest absolute Gasteiger partial charge is 0.306 e. The van der Waals surface area contributed by atoms with Gasteiger partial charge in [-0.2, -0.15) is 0 Å². The Hall–Kier alpha value is -2.13. The Morgan fingerprint density at radius 2 is 1.73 bits per heavy atom. The second-order valence-corrected chi connectivity index (χ2v) is 14.4. The number of carbonyl (C=O) groups excluding carboxylic acids is 1. The van der Waals surface area contributed by atoms with Crippen molar-refractivity contribution in [3.63, 3.8) is 0 Å². The lowest BCUT2D eigenvalue weighted by Crippen LogP contribution is -2.58. The summed E-state index contributed by atoms with van der Waals surface area (Å²) in [5, 5.41) is 10.5. The van der Waals surface area contributed by atoms with Crippen LogP contribution in [0.2, 0.25) is 10.0 Å². The Balaban J connectivity index is 1.89. The maximum Gasteiger partial charge on any atom is 0.306 e. The molecule has 1 N–H and O–H groups in total. The van der Waals surface area contributed by atoms with Crippen molar-refractivity contribution in [3.05, 3.63) is 69.7 Å². The van der Waals surface area contributed by atoms with Gasteiger partial charge in [-0.3, -0.25) is 9.59 Å². The minimum Gasteiger partial charge on any atom is -0.481 e. The van der Waals surface area contributed by atoms with Crippen LogP contribution in [-0.4, -0.2) is 52.9 Å². The molecule has 1 saturated carbocycles. The average Bonchev–Trinajstić information content (AvgIpc) is 3.64. The fraction of sp³-hybridized carbons (Fsp3) is 0.481. The van der Waals surface area contributed by atoms with Crippen LogP contribution in [0.4, 0.5) is 0 Å². The number of halogens is 2. The number of hydrogen-bond donors (Lipinski definition) is 1. The summed E-state index contributed by atoms with van der Waals surface area (Å²) in [5.74, 6) is -1.95. The fourth-order valence-corrected chi connectivity index (χ4v) is 6.47. The minimum atomic E-state index is -3.61. The number of carbonyl (C=O) groups is 2. The second-order valence-electron chi connectivity index (χ2n) is 10.7. The average molecular weight is 569 g/mol. The molecule has 2 aromatic rings. The SMILES string of the molecule is CC(C)(C)S(=O)(=O)CC(C1CC1)N1C(=O)[C@@H](CC(=O)O)O[C@H](c2cccc(Cl)c2)[C@H]1c1ccc(Cl)cc1. The van der Waals surface area contributed by atoms with Crippen molar-refractivity contribution in [1.29, 1.82) is 0 Å². The van der Waals surface area contributed by atoms with Crippen LogP contribution in [0.15, 0.2) is 48.5 Å². The van der Waals surface area contributed by atoms with Gasteiger partial charge in [0.05, 0.1) is 23.0 Å². The number of carboxylic acid groups (broad SMARTS) is 1. The van der Waals surface area contributed by atoms with E-state index in [1.165, 1.54) is 0 Å². The first-order valence-corrected chi connectivity index (χ1v) is 14.6. The quantitative estimate of drug-likeness (QED) is 0.453. The van der Waals surface area contributed by atoms with Gasteiger partial charge >= 0.3 is 5.97 Å². The van der Waals surface area contributed by atoms with E-state index in [4.69, 9.17) is 27.9 Å². The third-order valence-electron chi connectivity index (χ3n) is 7.02. The zero-order valence-electron chi connectivity index (χ0n) is 20.9. The Morgan fingerprint density at radius 1 is 1.08 bits per heavy atom. The lowest BCUT2D eigenvalue weighted by molar-refractivity contribution is -0.183. The molecule has 4 atom stereocenters. The number of sulfone groups is 1. The first-order chi connectivity index (χ1) is 17.3. The molecular weight excluding hydrogens is 537 g/mol. The van der Waals surface area contributed by atoms with Crippen molar-refractivity contribution >= 4 is 44.9 Å². The molecule has 1 aliphatic carbocycles. The zero-order chi connectivity index (χ0) is 27.1. The van der Waals surface area contributed by atoms with Gasteiger partial charge in [-0.05, 0) is 74.9 Å². The number of rotatable bonds is 8. The number of hydrogen-bond acceptors (Lipinski definition) is 5. The summed E-state index contributed by atoms with van der Waals surface area (Å²) >= 11 is 12.5. The van der Waals surface area contributed by atoms with Crippen LogP contribution >= 0.6 is 23.2 Å². The summed E-state index contributed by atoms with van der Waals surface area (Å²) in [7, 11) is -3.61. The van der Waals surface area contributed by atoms with Gasteiger partial charge in [-0.25, -0.2) is 8.42 Å². The van der Waals surface area contributed by atoms with Gasteiger partial charge < -0.3 is 14.7 Å². The maximum atomic E-state index is 14.0. The molecule has 37 heavy (non-hydrogen) atoms. The molecule has 1 heterocycles. The molecule has 0 aromatic heterocycles.